The molecule has 0 amide bonds. The summed E-state index contributed by atoms with van der Waals surface area (Å²) in [6.07, 6.45) is -3.81. The van der Waals surface area contributed by atoms with Gasteiger partial charge in [0, 0.05) is 36.4 Å². The summed E-state index contributed by atoms with van der Waals surface area (Å²) >= 11 is 0. The maximum atomic E-state index is 12.1. The van der Waals surface area contributed by atoms with Gasteiger partial charge in [-0.1, -0.05) is 6.07 Å². The molecule has 1 aromatic carbocycles. The maximum Gasteiger partial charge on any atom is 0.389 e. The van der Waals surface area contributed by atoms with Crippen molar-refractivity contribution in [2.75, 3.05) is 23.7 Å². The van der Waals surface area contributed by atoms with Crippen LogP contribution >= 0.6 is 0 Å². The van der Waals surface area contributed by atoms with Gasteiger partial charge in [-0.2, -0.15) is 13.2 Å². The Morgan fingerprint density at radius 2 is 2.06 bits per heavy atom. The number of anilines is 2. The van der Waals surface area contributed by atoms with E-state index >= 15 is 0 Å². The molecule has 0 saturated carbocycles. The highest BCUT2D eigenvalue weighted by Crippen LogP contribution is 2.32. The van der Waals surface area contributed by atoms with E-state index in [1.54, 1.807) is 0 Å². The lowest BCUT2D eigenvalue weighted by Gasteiger charge is -2.19. The quantitative estimate of drug-likeness (QED) is 0.828. The molecule has 2 nitrogen and oxygen atoms in total. The third-order valence-electron chi connectivity index (χ3n) is 3.05. The van der Waals surface area contributed by atoms with Crippen LogP contribution in [0.5, 0.6) is 0 Å². The van der Waals surface area contributed by atoms with Crippen molar-refractivity contribution in [2.24, 2.45) is 0 Å². The molecule has 1 heterocycles. The maximum absolute atomic E-state index is 12.1. The van der Waals surface area contributed by atoms with Crippen LogP contribution in [-0.4, -0.2) is 19.3 Å². The lowest BCUT2D eigenvalue weighted by molar-refractivity contribution is -0.135. The topological polar surface area (TPSA) is 29.3 Å². The average Bonchev–Trinajstić information content (AvgIpc) is 2.61. The first-order valence-electron chi connectivity index (χ1n) is 5.66. The molecule has 5 heteroatoms. The van der Waals surface area contributed by atoms with Crippen molar-refractivity contribution in [3.8, 4) is 0 Å². The molecule has 94 valence electrons. The predicted octanol–water partition coefficient (Wildman–Crippen LogP) is 2.97. The number of hydrogen-bond acceptors (Lipinski definition) is 2. The molecule has 0 atom stereocenters. The molecule has 0 unspecified atom stereocenters. The van der Waals surface area contributed by atoms with Crippen LogP contribution in [0.25, 0.3) is 0 Å². The van der Waals surface area contributed by atoms with E-state index in [2.05, 4.69) is 0 Å². The Bertz CT molecular complexity index is 401. The van der Waals surface area contributed by atoms with Gasteiger partial charge in [0.25, 0.3) is 0 Å². The molecule has 0 fully saturated rings. The molecule has 2 rings (SSSR count). The predicted molar refractivity (Wildman–Crippen MR) is 62.1 cm³/mol. The zero-order valence-corrected chi connectivity index (χ0v) is 9.43. The summed E-state index contributed by atoms with van der Waals surface area (Å²) in [5.41, 5.74) is 8.62. The van der Waals surface area contributed by atoms with Crippen molar-refractivity contribution < 1.29 is 13.2 Å². The minimum Gasteiger partial charge on any atom is -0.398 e. The zero-order chi connectivity index (χ0) is 12.5. The van der Waals surface area contributed by atoms with Crippen LogP contribution in [0.15, 0.2) is 18.2 Å². The normalized spacial score (nSPS) is 15.1. The van der Waals surface area contributed by atoms with Gasteiger partial charge in [0.15, 0.2) is 0 Å². The SMILES string of the molecule is Nc1cccc2c1CCN2CCCC(F)(F)F. The van der Waals surface area contributed by atoms with Crippen LogP contribution in [0.4, 0.5) is 24.5 Å². The van der Waals surface area contributed by atoms with Crippen molar-refractivity contribution in [1.29, 1.82) is 0 Å². The Hall–Kier alpha value is -1.39. The highest BCUT2D eigenvalue weighted by atomic mass is 19.4. The molecule has 0 radical (unpaired) electrons. The van der Waals surface area contributed by atoms with Crippen LogP contribution in [0.1, 0.15) is 18.4 Å². The van der Waals surface area contributed by atoms with E-state index in [1.807, 2.05) is 23.1 Å². The Morgan fingerprint density at radius 3 is 2.76 bits per heavy atom. The summed E-state index contributed by atoms with van der Waals surface area (Å²) in [6.45, 7) is 1.21. The molecule has 1 aromatic rings. The summed E-state index contributed by atoms with van der Waals surface area (Å²) in [4.78, 5) is 1.98. The van der Waals surface area contributed by atoms with E-state index in [1.165, 1.54) is 0 Å². The lowest BCUT2D eigenvalue weighted by Crippen LogP contribution is -2.23. The first kappa shape index (κ1) is 12.1. The Morgan fingerprint density at radius 1 is 1.29 bits per heavy atom. The molecular formula is C12H15F3N2. The average molecular weight is 244 g/mol. The minimum atomic E-state index is -4.06. The van der Waals surface area contributed by atoms with Crippen LogP contribution in [0.3, 0.4) is 0 Å². The van der Waals surface area contributed by atoms with E-state index in [0.29, 0.717) is 6.54 Å². The van der Waals surface area contributed by atoms with Crippen LogP contribution in [0.2, 0.25) is 0 Å². The third-order valence-corrected chi connectivity index (χ3v) is 3.05. The smallest absolute Gasteiger partial charge is 0.389 e. The molecule has 0 bridgehead atoms. The highest BCUT2D eigenvalue weighted by molar-refractivity contribution is 5.68. The fourth-order valence-corrected chi connectivity index (χ4v) is 2.23. The van der Waals surface area contributed by atoms with Gasteiger partial charge in [-0.05, 0) is 25.0 Å². The minimum absolute atomic E-state index is 0.137. The summed E-state index contributed by atoms with van der Waals surface area (Å²) in [6, 6.07) is 5.60. The zero-order valence-electron chi connectivity index (χ0n) is 9.43. The van der Waals surface area contributed by atoms with E-state index < -0.39 is 12.6 Å². The van der Waals surface area contributed by atoms with Crippen molar-refractivity contribution in [3.05, 3.63) is 23.8 Å². The van der Waals surface area contributed by atoms with Gasteiger partial charge in [-0.15, -0.1) is 0 Å². The van der Waals surface area contributed by atoms with Crippen molar-refractivity contribution in [3.63, 3.8) is 0 Å². The van der Waals surface area contributed by atoms with Gasteiger partial charge in [-0.3, -0.25) is 0 Å². The second kappa shape index (κ2) is 4.47. The van der Waals surface area contributed by atoms with Gasteiger partial charge in [-0.25, -0.2) is 0 Å². The van der Waals surface area contributed by atoms with Crippen molar-refractivity contribution >= 4 is 11.4 Å². The molecule has 1 aliphatic rings. The Labute approximate surface area is 98.2 Å². The Kier molecular flexibility index (Phi) is 3.17. The van der Waals surface area contributed by atoms with Gasteiger partial charge < -0.3 is 10.6 Å². The first-order chi connectivity index (χ1) is 7.97. The van der Waals surface area contributed by atoms with Gasteiger partial charge in [0.05, 0.1) is 0 Å². The molecule has 0 aliphatic carbocycles. The van der Waals surface area contributed by atoms with E-state index in [-0.39, 0.29) is 6.42 Å². The number of rotatable bonds is 3. The van der Waals surface area contributed by atoms with E-state index in [4.69, 9.17) is 5.73 Å². The van der Waals surface area contributed by atoms with E-state index in [0.717, 1.165) is 29.9 Å². The number of nitrogen functional groups attached to an aromatic ring is 1. The van der Waals surface area contributed by atoms with Crippen LogP contribution in [0, 0.1) is 0 Å². The lowest BCUT2D eigenvalue weighted by atomic mass is 10.1. The number of nitrogens with two attached hydrogens (primary N) is 1. The molecule has 2 N–H and O–H groups in total. The first-order valence-corrected chi connectivity index (χ1v) is 5.66. The summed E-state index contributed by atoms with van der Waals surface area (Å²) in [7, 11) is 0. The summed E-state index contributed by atoms with van der Waals surface area (Å²) < 4.78 is 36.2. The molecule has 0 saturated heterocycles. The molecule has 0 spiro atoms. The molecule has 1 aliphatic heterocycles. The van der Waals surface area contributed by atoms with E-state index in [9.17, 15) is 13.2 Å². The number of alkyl halides is 3. The fourth-order valence-electron chi connectivity index (χ4n) is 2.23. The standard InChI is InChI=1S/C12H15F3N2/c13-12(14,15)6-2-7-17-8-5-9-10(16)3-1-4-11(9)17/h1,3-4H,2,5-8,16H2. The monoisotopic (exact) mass is 244 g/mol. The number of hydrogen-bond donors (Lipinski definition) is 1. The van der Waals surface area contributed by atoms with Crippen molar-refractivity contribution in [2.45, 2.75) is 25.4 Å². The van der Waals surface area contributed by atoms with Crippen LogP contribution < -0.4 is 10.6 Å². The fraction of sp³-hybridized carbons (Fsp3) is 0.500. The number of nitrogens with zero attached hydrogens (tertiary/aromatic N) is 1. The molecule has 17 heavy (non-hydrogen) atoms. The Balaban J connectivity index is 1.96. The summed E-state index contributed by atoms with van der Waals surface area (Å²) in [5, 5.41) is 0. The number of halogens is 3. The second-order valence-electron chi connectivity index (χ2n) is 4.30. The van der Waals surface area contributed by atoms with Crippen molar-refractivity contribution in [1.82, 2.24) is 0 Å². The number of fused-ring (bicyclic) bond motifs is 1. The third kappa shape index (κ3) is 2.84. The number of benzene rings is 1. The second-order valence-corrected chi connectivity index (χ2v) is 4.30. The van der Waals surface area contributed by atoms with Crippen LogP contribution in [-0.2, 0) is 6.42 Å². The van der Waals surface area contributed by atoms with Gasteiger partial charge in [0.2, 0.25) is 0 Å². The van der Waals surface area contributed by atoms with Gasteiger partial charge >= 0.3 is 6.18 Å². The molecule has 0 aromatic heterocycles. The highest BCUT2D eigenvalue weighted by Gasteiger charge is 2.27. The van der Waals surface area contributed by atoms with Gasteiger partial charge in [0.1, 0.15) is 0 Å². The largest absolute Gasteiger partial charge is 0.398 e. The summed E-state index contributed by atoms with van der Waals surface area (Å²) in [5.74, 6) is 0. The molecular weight excluding hydrogens is 229 g/mol.